The van der Waals surface area contributed by atoms with Gasteiger partial charge in [-0.3, -0.25) is 14.4 Å². The van der Waals surface area contributed by atoms with E-state index in [2.05, 4.69) is 6.58 Å². The van der Waals surface area contributed by atoms with Crippen LogP contribution in [0.3, 0.4) is 0 Å². The highest BCUT2D eigenvalue weighted by atomic mass is 32.2. The van der Waals surface area contributed by atoms with Crippen molar-refractivity contribution in [1.82, 2.24) is 4.90 Å². The van der Waals surface area contributed by atoms with E-state index >= 15 is 0 Å². The highest BCUT2D eigenvalue weighted by Gasteiger charge is 2.78. The van der Waals surface area contributed by atoms with Crippen molar-refractivity contribution < 1.29 is 29.3 Å². The number of aliphatic carboxylic acids is 1. The zero-order valence-electron chi connectivity index (χ0n) is 21.3. The molecule has 3 saturated heterocycles. The molecule has 0 saturated carbocycles. The molecule has 6 atom stereocenters. The van der Waals surface area contributed by atoms with Gasteiger partial charge in [0, 0.05) is 17.0 Å². The molecule has 8 nitrogen and oxygen atoms in total. The van der Waals surface area contributed by atoms with Gasteiger partial charge in [0.05, 0.1) is 36.3 Å². The Hall–Kier alpha value is -2.52. The number of benzene rings is 1. The Bertz CT molecular complexity index is 1050. The number of carboxylic acid groups (broad SMARTS) is 1. The minimum Gasteiger partial charge on any atom is -0.497 e. The van der Waals surface area contributed by atoms with Crippen LogP contribution in [0.15, 0.2) is 36.9 Å². The Balaban J connectivity index is 1.84. The van der Waals surface area contributed by atoms with Crippen LogP contribution in [0.2, 0.25) is 0 Å². The van der Waals surface area contributed by atoms with Gasteiger partial charge in [-0.1, -0.05) is 19.9 Å². The maximum Gasteiger partial charge on any atom is 0.308 e. The molecule has 0 aliphatic carbocycles. The number of carboxylic acids is 1. The van der Waals surface area contributed by atoms with Gasteiger partial charge in [0.2, 0.25) is 5.91 Å². The quantitative estimate of drug-likeness (QED) is 0.460. The van der Waals surface area contributed by atoms with E-state index in [9.17, 15) is 24.6 Å². The number of hydrogen-bond acceptors (Lipinski definition) is 6. The molecule has 2 amide bonds. The van der Waals surface area contributed by atoms with Gasteiger partial charge in [0.15, 0.2) is 0 Å². The summed E-state index contributed by atoms with van der Waals surface area (Å²) >= 11 is 1.50. The number of nitrogens with zero attached hydrogens (tertiary/aromatic N) is 2. The van der Waals surface area contributed by atoms with Gasteiger partial charge >= 0.3 is 5.97 Å². The second-order valence-electron chi connectivity index (χ2n) is 10.7. The molecule has 2 bridgehead atoms. The Morgan fingerprint density at radius 2 is 1.97 bits per heavy atom. The van der Waals surface area contributed by atoms with Crippen LogP contribution in [0.5, 0.6) is 5.75 Å². The molecule has 196 valence electrons. The molecule has 0 aromatic heterocycles. The first kappa shape index (κ1) is 26.5. The number of methoxy groups -OCH3 is 1. The lowest BCUT2D eigenvalue weighted by atomic mass is 9.66. The number of rotatable bonds is 10. The maximum absolute atomic E-state index is 14.5. The van der Waals surface area contributed by atoms with Gasteiger partial charge in [-0.25, -0.2) is 0 Å². The summed E-state index contributed by atoms with van der Waals surface area (Å²) in [5.74, 6) is -2.47. The topological polar surface area (TPSA) is 107 Å². The highest BCUT2D eigenvalue weighted by molar-refractivity contribution is 8.02. The minimum atomic E-state index is -1.000. The maximum atomic E-state index is 14.5. The van der Waals surface area contributed by atoms with Gasteiger partial charge < -0.3 is 24.7 Å². The number of thioether (sulfide) groups is 1. The number of likely N-dealkylation sites (tertiary alicyclic amines) is 1. The van der Waals surface area contributed by atoms with E-state index in [1.807, 2.05) is 20.8 Å². The average molecular weight is 517 g/mol. The van der Waals surface area contributed by atoms with Crippen LogP contribution in [0.25, 0.3) is 0 Å². The van der Waals surface area contributed by atoms with Gasteiger partial charge in [-0.2, -0.15) is 0 Å². The van der Waals surface area contributed by atoms with Crippen molar-refractivity contribution in [2.45, 2.75) is 61.6 Å². The van der Waals surface area contributed by atoms with E-state index in [0.29, 0.717) is 30.7 Å². The number of hydrogen-bond donors (Lipinski definition) is 2. The molecule has 2 unspecified atom stereocenters. The Kier molecular flexibility index (Phi) is 7.18. The Labute approximate surface area is 216 Å². The van der Waals surface area contributed by atoms with Crippen molar-refractivity contribution in [3.8, 4) is 5.75 Å². The summed E-state index contributed by atoms with van der Waals surface area (Å²) in [6.45, 7) is 9.68. The van der Waals surface area contributed by atoms with E-state index in [4.69, 9.17) is 4.74 Å². The molecule has 4 rings (SSSR count). The summed E-state index contributed by atoms with van der Waals surface area (Å²) in [7, 11) is 1.57. The van der Waals surface area contributed by atoms with Gasteiger partial charge in [-0.05, 0) is 56.4 Å². The zero-order valence-corrected chi connectivity index (χ0v) is 22.2. The molecule has 3 fully saturated rings. The largest absolute Gasteiger partial charge is 0.497 e. The monoisotopic (exact) mass is 516 g/mol. The number of anilines is 1. The first-order valence-corrected chi connectivity index (χ1v) is 13.3. The zero-order chi connectivity index (χ0) is 26.4. The number of aliphatic hydroxyl groups is 1. The molecule has 0 radical (unpaired) electrons. The molecule has 3 aliphatic heterocycles. The summed E-state index contributed by atoms with van der Waals surface area (Å²) in [5, 5.41) is 20.5. The van der Waals surface area contributed by atoms with Crippen LogP contribution < -0.4 is 9.64 Å². The van der Waals surface area contributed by atoms with E-state index < -0.39 is 39.4 Å². The highest BCUT2D eigenvalue weighted by Crippen LogP contribution is 2.71. The van der Waals surface area contributed by atoms with Crippen molar-refractivity contribution in [2.24, 2.45) is 17.8 Å². The molecule has 3 aliphatic rings. The Morgan fingerprint density at radius 3 is 2.50 bits per heavy atom. The number of ether oxygens (including phenoxy) is 1. The summed E-state index contributed by atoms with van der Waals surface area (Å²) < 4.78 is 3.78. The molecule has 3 heterocycles. The van der Waals surface area contributed by atoms with Crippen molar-refractivity contribution in [3.05, 3.63) is 36.9 Å². The summed E-state index contributed by atoms with van der Waals surface area (Å²) in [6, 6.07) is 5.65. The molecular formula is C27H36N2O6S. The molecule has 2 N–H and O–H groups in total. The second kappa shape index (κ2) is 9.74. The lowest BCUT2D eigenvalue weighted by Crippen LogP contribution is -2.57. The number of amides is 2. The van der Waals surface area contributed by atoms with Crippen molar-refractivity contribution >= 4 is 35.2 Å². The second-order valence-corrected chi connectivity index (χ2v) is 12.6. The van der Waals surface area contributed by atoms with E-state index in [1.165, 1.54) is 11.8 Å². The van der Waals surface area contributed by atoms with Gasteiger partial charge in [-0.15, -0.1) is 18.3 Å². The summed E-state index contributed by atoms with van der Waals surface area (Å²) in [5.41, 5.74) is 0.635. The first-order valence-electron chi connectivity index (χ1n) is 12.5. The third-order valence-corrected chi connectivity index (χ3v) is 10.0. The lowest BCUT2D eigenvalue weighted by Gasteiger charge is -2.40. The molecule has 1 aromatic rings. The normalized spacial score (nSPS) is 31.4. The summed E-state index contributed by atoms with van der Waals surface area (Å²) in [6.07, 6.45) is 3.34. The molecule has 9 heteroatoms. The van der Waals surface area contributed by atoms with Gasteiger partial charge in [0.1, 0.15) is 11.8 Å². The fraction of sp³-hybridized carbons (Fsp3) is 0.593. The van der Waals surface area contributed by atoms with Crippen LogP contribution in [0.1, 0.15) is 40.0 Å². The first-order chi connectivity index (χ1) is 17.0. The van der Waals surface area contributed by atoms with Crippen LogP contribution in [-0.2, 0) is 14.4 Å². The molecule has 1 aromatic carbocycles. The molecule has 36 heavy (non-hydrogen) atoms. The van der Waals surface area contributed by atoms with Gasteiger partial charge in [0.25, 0.3) is 5.91 Å². The predicted octanol–water partition coefficient (Wildman–Crippen LogP) is 3.19. The predicted molar refractivity (Wildman–Crippen MR) is 139 cm³/mol. The minimum absolute atomic E-state index is 0.172. The van der Waals surface area contributed by atoms with E-state index in [0.717, 1.165) is 0 Å². The fourth-order valence-electron chi connectivity index (χ4n) is 6.59. The third kappa shape index (κ3) is 4.00. The smallest absolute Gasteiger partial charge is 0.308 e. The number of fused-ring (bicyclic) bond motifs is 1. The van der Waals surface area contributed by atoms with Crippen LogP contribution in [-0.4, -0.2) is 74.7 Å². The van der Waals surface area contributed by atoms with Crippen LogP contribution in [0.4, 0.5) is 5.69 Å². The fourth-order valence-corrected chi connectivity index (χ4v) is 8.92. The van der Waals surface area contributed by atoms with Crippen LogP contribution >= 0.6 is 11.8 Å². The lowest BCUT2D eigenvalue weighted by molar-refractivity contribution is -0.150. The molecular weight excluding hydrogens is 480 g/mol. The van der Waals surface area contributed by atoms with Crippen molar-refractivity contribution in [2.75, 3.05) is 25.2 Å². The van der Waals surface area contributed by atoms with Crippen LogP contribution in [0, 0.1) is 17.8 Å². The summed E-state index contributed by atoms with van der Waals surface area (Å²) in [4.78, 5) is 44.1. The number of aliphatic hydroxyl groups excluding tert-OH is 1. The van der Waals surface area contributed by atoms with Crippen molar-refractivity contribution in [1.29, 1.82) is 0 Å². The SMILES string of the molecule is C=CCN(C(=O)C1N([C@@H](CO)CC(C)C)C(=O)[C@@H]2[C@@H](C(=O)O)[C@@]3(C)CCC12S3)c1ccc(OC)cc1. The number of carbonyl (C=O) groups is 3. The Morgan fingerprint density at radius 1 is 1.31 bits per heavy atom. The van der Waals surface area contributed by atoms with E-state index in [1.54, 1.807) is 47.3 Å². The molecule has 1 spiro atoms. The van der Waals surface area contributed by atoms with Crippen molar-refractivity contribution in [3.63, 3.8) is 0 Å². The van der Waals surface area contributed by atoms with E-state index in [-0.39, 0.29) is 30.9 Å². The third-order valence-electron chi connectivity index (χ3n) is 8.02. The number of carbonyl (C=O) groups excluding carboxylic acids is 2. The standard InChI is InChI=1S/C27H36N2O6S/c1-6-13-28(17-7-9-19(35-5)10-8-17)24(32)22-27-12-11-26(4,36-27)21(25(33)34)20(27)23(31)29(22)18(15-30)14-16(2)3/h6-10,16,18,20-22,30H,1,11-15H2,2-5H3,(H,33,34)/t18-,20+,21+,22?,26-,27?/m1/s1. The average Bonchev–Trinajstić information content (AvgIpc) is 3.41.